The monoisotopic (exact) mass is 222 g/mol. The van der Waals surface area contributed by atoms with Crippen molar-refractivity contribution in [3.05, 3.63) is 29.8 Å². The molecule has 0 saturated heterocycles. The van der Waals surface area contributed by atoms with Gasteiger partial charge in [-0.15, -0.1) is 0 Å². The van der Waals surface area contributed by atoms with E-state index in [2.05, 4.69) is 5.32 Å². The first-order chi connectivity index (χ1) is 7.61. The van der Waals surface area contributed by atoms with E-state index in [0.717, 1.165) is 17.7 Å². The van der Waals surface area contributed by atoms with Crippen molar-refractivity contribution in [3.8, 4) is 0 Å². The summed E-state index contributed by atoms with van der Waals surface area (Å²) in [6.45, 7) is 4.11. The number of hydrogen-bond acceptors (Lipinski definition) is 3. The Kier molecular flexibility index (Phi) is 4.64. The van der Waals surface area contributed by atoms with Gasteiger partial charge in [0.25, 0.3) is 0 Å². The number of rotatable bonds is 4. The zero-order valence-electron chi connectivity index (χ0n) is 9.69. The summed E-state index contributed by atoms with van der Waals surface area (Å²) in [4.78, 5) is 11.1. The second-order valence-electron chi connectivity index (χ2n) is 3.71. The van der Waals surface area contributed by atoms with E-state index in [1.54, 1.807) is 6.92 Å². The molecule has 1 amide bonds. The number of nitrogens with two attached hydrogens (primary N) is 1. The Morgan fingerprint density at radius 3 is 2.62 bits per heavy atom. The van der Waals surface area contributed by atoms with Crippen LogP contribution in [0.5, 0.6) is 0 Å². The van der Waals surface area contributed by atoms with E-state index in [4.69, 9.17) is 10.5 Å². The second-order valence-corrected chi connectivity index (χ2v) is 3.71. The summed E-state index contributed by atoms with van der Waals surface area (Å²) >= 11 is 0. The van der Waals surface area contributed by atoms with Crippen LogP contribution in [0.1, 0.15) is 19.4 Å². The Balaban J connectivity index is 2.42. The van der Waals surface area contributed by atoms with Crippen molar-refractivity contribution in [2.75, 3.05) is 12.3 Å². The molecule has 1 aromatic carbocycles. The van der Waals surface area contributed by atoms with E-state index in [1.807, 2.05) is 31.2 Å². The zero-order valence-corrected chi connectivity index (χ0v) is 9.69. The van der Waals surface area contributed by atoms with Crippen LogP contribution in [0.25, 0.3) is 0 Å². The first-order valence-corrected chi connectivity index (χ1v) is 5.39. The summed E-state index contributed by atoms with van der Waals surface area (Å²) < 4.78 is 4.80. The summed E-state index contributed by atoms with van der Waals surface area (Å²) in [5.74, 6) is 0. The third-order valence-corrected chi connectivity index (χ3v) is 2.16. The molecule has 0 spiro atoms. The molecule has 0 bridgehead atoms. The number of amides is 1. The van der Waals surface area contributed by atoms with Gasteiger partial charge in [0.2, 0.25) is 0 Å². The molecule has 0 fully saturated rings. The van der Waals surface area contributed by atoms with Crippen molar-refractivity contribution >= 4 is 11.8 Å². The third-order valence-electron chi connectivity index (χ3n) is 2.16. The van der Waals surface area contributed by atoms with E-state index < -0.39 is 0 Å². The Morgan fingerprint density at radius 2 is 2.06 bits per heavy atom. The molecular weight excluding hydrogens is 204 g/mol. The third kappa shape index (κ3) is 4.21. The number of benzene rings is 1. The lowest BCUT2D eigenvalue weighted by Gasteiger charge is -2.13. The van der Waals surface area contributed by atoms with Crippen LogP contribution in [-0.2, 0) is 11.2 Å². The fourth-order valence-corrected chi connectivity index (χ4v) is 1.43. The largest absolute Gasteiger partial charge is 0.450 e. The molecule has 1 rings (SSSR count). The van der Waals surface area contributed by atoms with Crippen LogP contribution < -0.4 is 11.1 Å². The maximum Gasteiger partial charge on any atom is 0.407 e. The molecule has 0 radical (unpaired) electrons. The van der Waals surface area contributed by atoms with Crippen LogP contribution >= 0.6 is 0 Å². The zero-order chi connectivity index (χ0) is 12.0. The van der Waals surface area contributed by atoms with E-state index in [9.17, 15) is 4.79 Å². The molecule has 0 aliphatic carbocycles. The van der Waals surface area contributed by atoms with Gasteiger partial charge >= 0.3 is 6.09 Å². The summed E-state index contributed by atoms with van der Waals surface area (Å²) in [5.41, 5.74) is 7.47. The van der Waals surface area contributed by atoms with Gasteiger partial charge in [-0.1, -0.05) is 12.1 Å². The predicted octanol–water partition coefficient (Wildman–Crippen LogP) is 1.95. The van der Waals surface area contributed by atoms with Crippen LogP contribution in [0.4, 0.5) is 10.5 Å². The molecule has 16 heavy (non-hydrogen) atoms. The fourth-order valence-electron chi connectivity index (χ4n) is 1.43. The number of nitrogens with one attached hydrogen (secondary N) is 1. The predicted molar refractivity (Wildman–Crippen MR) is 64.2 cm³/mol. The Hall–Kier alpha value is -1.71. The van der Waals surface area contributed by atoms with Gasteiger partial charge in [-0.05, 0) is 38.0 Å². The molecular formula is C12H18N2O2. The summed E-state index contributed by atoms with van der Waals surface area (Å²) in [6, 6.07) is 7.67. The van der Waals surface area contributed by atoms with Crippen molar-refractivity contribution in [1.29, 1.82) is 0 Å². The van der Waals surface area contributed by atoms with Gasteiger partial charge in [0.05, 0.1) is 6.61 Å². The van der Waals surface area contributed by atoms with E-state index >= 15 is 0 Å². The SMILES string of the molecule is CCOC(=O)NC(C)Cc1ccc(N)cc1. The van der Waals surface area contributed by atoms with Crippen LogP contribution in [-0.4, -0.2) is 18.7 Å². The van der Waals surface area contributed by atoms with E-state index in [-0.39, 0.29) is 12.1 Å². The highest BCUT2D eigenvalue weighted by atomic mass is 16.5. The minimum absolute atomic E-state index is 0.0441. The van der Waals surface area contributed by atoms with E-state index in [1.165, 1.54) is 0 Å². The fraction of sp³-hybridized carbons (Fsp3) is 0.417. The molecule has 0 aliphatic heterocycles. The molecule has 4 heteroatoms. The molecule has 0 heterocycles. The lowest BCUT2D eigenvalue weighted by molar-refractivity contribution is 0.149. The summed E-state index contributed by atoms with van der Waals surface area (Å²) in [5, 5.41) is 2.75. The molecule has 4 nitrogen and oxygen atoms in total. The molecule has 0 aliphatic rings. The topological polar surface area (TPSA) is 64.3 Å². The Labute approximate surface area is 95.8 Å². The standard InChI is InChI=1S/C12H18N2O2/c1-3-16-12(15)14-9(2)8-10-4-6-11(13)7-5-10/h4-7,9H,3,8,13H2,1-2H3,(H,14,15). The van der Waals surface area contributed by atoms with Gasteiger partial charge in [0.1, 0.15) is 0 Å². The van der Waals surface area contributed by atoms with Crippen LogP contribution in [0.3, 0.4) is 0 Å². The van der Waals surface area contributed by atoms with Gasteiger partial charge in [-0.3, -0.25) is 0 Å². The number of hydrogen-bond donors (Lipinski definition) is 2. The van der Waals surface area contributed by atoms with Gasteiger partial charge in [-0.25, -0.2) is 4.79 Å². The Bertz CT molecular complexity index is 335. The Morgan fingerprint density at radius 1 is 1.44 bits per heavy atom. The smallest absolute Gasteiger partial charge is 0.407 e. The van der Waals surface area contributed by atoms with Crippen LogP contribution in [0.2, 0.25) is 0 Å². The number of carbonyl (C=O) groups excluding carboxylic acids is 1. The van der Waals surface area contributed by atoms with Crippen molar-refractivity contribution in [1.82, 2.24) is 5.32 Å². The van der Waals surface area contributed by atoms with Crippen molar-refractivity contribution < 1.29 is 9.53 Å². The molecule has 1 aromatic rings. The number of anilines is 1. The minimum Gasteiger partial charge on any atom is -0.450 e. The molecule has 88 valence electrons. The second kappa shape index (κ2) is 6.00. The van der Waals surface area contributed by atoms with Gasteiger partial charge in [-0.2, -0.15) is 0 Å². The average Bonchev–Trinajstić information content (AvgIpc) is 2.21. The molecule has 3 N–H and O–H groups in total. The van der Waals surface area contributed by atoms with Crippen LogP contribution in [0, 0.1) is 0 Å². The summed E-state index contributed by atoms with van der Waals surface area (Å²) in [7, 11) is 0. The van der Waals surface area contributed by atoms with Crippen molar-refractivity contribution in [2.24, 2.45) is 0 Å². The molecule has 1 unspecified atom stereocenters. The normalized spacial score (nSPS) is 11.9. The lowest BCUT2D eigenvalue weighted by Crippen LogP contribution is -2.34. The molecule has 1 atom stereocenters. The van der Waals surface area contributed by atoms with Crippen LogP contribution in [0.15, 0.2) is 24.3 Å². The van der Waals surface area contributed by atoms with Crippen molar-refractivity contribution in [2.45, 2.75) is 26.3 Å². The van der Waals surface area contributed by atoms with Crippen molar-refractivity contribution in [3.63, 3.8) is 0 Å². The maximum absolute atomic E-state index is 11.1. The highest BCUT2D eigenvalue weighted by Crippen LogP contribution is 2.07. The first kappa shape index (κ1) is 12.4. The van der Waals surface area contributed by atoms with E-state index in [0.29, 0.717) is 6.61 Å². The number of alkyl carbamates (subject to hydrolysis) is 1. The number of nitrogen functional groups attached to an aromatic ring is 1. The van der Waals surface area contributed by atoms with Gasteiger partial charge in [0, 0.05) is 11.7 Å². The minimum atomic E-state index is -0.370. The first-order valence-electron chi connectivity index (χ1n) is 5.39. The molecule has 0 saturated carbocycles. The maximum atomic E-state index is 11.1. The average molecular weight is 222 g/mol. The quantitative estimate of drug-likeness (QED) is 0.765. The highest BCUT2D eigenvalue weighted by Gasteiger charge is 2.07. The highest BCUT2D eigenvalue weighted by molar-refractivity contribution is 5.67. The number of carbonyl (C=O) groups is 1. The summed E-state index contributed by atoms with van der Waals surface area (Å²) in [6.07, 6.45) is 0.393. The van der Waals surface area contributed by atoms with Gasteiger partial charge in [0.15, 0.2) is 0 Å². The lowest BCUT2D eigenvalue weighted by atomic mass is 10.1. The van der Waals surface area contributed by atoms with Gasteiger partial charge < -0.3 is 15.8 Å². The molecule has 0 aromatic heterocycles. The number of ether oxygens (including phenoxy) is 1.